The van der Waals surface area contributed by atoms with Crippen molar-refractivity contribution in [1.29, 1.82) is 0 Å². The van der Waals surface area contributed by atoms with Crippen LogP contribution in [-0.4, -0.2) is 10.2 Å². The summed E-state index contributed by atoms with van der Waals surface area (Å²) in [5.41, 5.74) is 2.56. The van der Waals surface area contributed by atoms with E-state index >= 15 is 0 Å². The van der Waals surface area contributed by atoms with Gasteiger partial charge in [-0.25, -0.2) is 0 Å². The molecule has 0 bridgehead atoms. The second-order valence-corrected chi connectivity index (χ2v) is 7.01. The number of phenols is 2. The lowest BCUT2D eigenvalue weighted by molar-refractivity contribution is 0.306. The maximum absolute atomic E-state index is 9.65. The van der Waals surface area contributed by atoms with Crippen molar-refractivity contribution in [2.45, 2.75) is 52.4 Å². The Morgan fingerprint density at radius 1 is 0.625 bits per heavy atom. The molecule has 0 radical (unpaired) electrons. The molecule has 2 rings (SSSR count). The third-order valence-corrected chi connectivity index (χ3v) is 5.46. The molecule has 24 heavy (non-hydrogen) atoms. The minimum Gasteiger partial charge on any atom is -0.508 e. The first-order chi connectivity index (χ1) is 11.5. The molecule has 0 fully saturated rings. The summed E-state index contributed by atoms with van der Waals surface area (Å²) in [5.74, 6) is 2.45. The summed E-state index contributed by atoms with van der Waals surface area (Å²) in [6, 6.07) is 15.4. The maximum Gasteiger partial charge on any atom is 0.115 e. The van der Waals surface area contributed by atoms with Crippen LogP contribution in [0.5, 0.6) is 11.5 Å². The highest BCUT2D eigenvalue weighted by molar-refractivity contribution is 5.35. The summed E-state index contributed by atoms with van der Waals surface area (Å²) in [6.45, 7) is 9.10. The molecule has 0 amide bonds. The van der Waals surface area contributed by atoms with Gasteiger partial charge in [-0.3, -0.25) is 0 Å². The van der Waals surface area contributed by atoms with Crippen LogP contribution in [0.2, 0.25) is 0 Å². The molecule has 0 aliphatic rings. The van der Waals surface area contributed by atoms with Crippen molar-refractivity contribution < 1.29 is 10.2 Å². The summed E-state index contributed by atoms with van der Waals surface area (Å²) < 4.78 is 0. The normalized spacial score (nSPS) is 16.3. The first-order valence-electron chi connectivity index (χ1n) is 9.05. The largest absolute Gasteiger partial charge is 0.508 e. The molecule has 2 aromatic carbocycles. The van der Waals surface area contributed by atoms with Crippen LogP contribution in [0, 0.1) is 11.8 Å². The van der Waals surface area contributed by atoms with Crippen molar-refractivity contribution in [3.8, 4) is 11.5 Å². The Kier molecular flexibility index (Phi) is 6.30. The monoisotopic (exact) mass is 326 g/mol. The topological polar surface area (TPSA) is 40.5 Å². The molecule has 0 heterocycles. The number of rotatable bonds is 7. The van der Waals surface area contributed by atoms with Crippen LogP contribution < -0.4 is 0 Å². The third-order valence-electron chi connectivity index (χ3n) is 5.46. The Labute approximate surface area is 146 Å². The van der Waals surface area contributed by atoms with Crippen molar-refractivity contribution in [2.75, 3.05) is 0 Å². The second kappa shape index (κ2) is 8.23. The van der Waals surface area contributed by atoms with E-state index in [0.717, 1.165) is 12.8 Å². The minimum atomic E-state index is 0.311. The van der Waals surface area contributed by atoms with E-state index in [9.17, 15) is 10.2 Å². The van der Waals surface area contributed by atoms with Crippen molar-refractivity contribution in [1.82, 2.24) is 0 Å². The zero-order valence-corrected chi connectivity index (χ0v) is 15.2. The fourth-order valence-corrected chi connectivity index (χ4v) is 3.68. The van der Waals surface area contributed by atoms with Crippen LogP contribution in [0.1, 0.15) is 63.5 Å². The van der Waals surface area contributed by atoms with Gasteiger partial charge in [0, 0.05) is 0 Å². The number of benzene rings is 2. The van der Waals surface area contributed by atoms with Crippen LogP contribution in [0.25, 0.3) is 0 Å². The first kappa shape index (κ1) is 18.4. The Morgan fingerprint density at radius 2 is 0.917 bits per heavy atom. The number of hydrogen-bond acceptors (Lipinski definition) is 2. The molecule has 4 atom stereocenters. The van der Waals surface area contributed by atoms with Crippen molar-refractivity contribution in [3.05, 3.63) is 59.7 Å². The molecule has 2 unspecified atom stereocenters. The zero-order chi connectivity index (χ0) is 17.7. The fraction of sp³-hybridized carbons (Fsp3) is 0.455. The standard InChI is InChI=1S/C22H30O2/c1-5-15(3)21(17-7-11-19(23)12-8-17)22(16(4)6-2)18-9-13-20(24)14-10-18/h7-16,21-24H,5-6H2,1-4H3/t15?,16?,21-,22+. The molecular formula is C22H30O2. The average molecular weight is 326 g/mol. The van der Waals surface area contributed by atoms with E-state index in [4.69, 9.17) is 0 Å². The molecule has 0 aliphatic heterocycles. The fourth-order valence-electron chi connectivity index (χ4n) is 3.68. The lowest BCUT2D eigenvalue weighted by Gasteiger charge is -2.36. The second-order valence-electron chi connectivity index (χ2n) is 7.01. The summed E-state index contributed by atoms with van der Waals surface area (Å²) >= 11 is 0. The molecule has 0 saturated carbocycles. The van der Waals surface area contributed by atoms with Crippen LogP contribution in [0.15, 0.2) is 48.5 Å². The Morgan fingerprint density at radius 3 is 1.17 bits per heavy atom. The molecule has 2 aromatic rings. The Hall–Kier alpha value is -1.96. The van der Waals surface area contributed by atoms with Gasteiger partial charge in [-0.15, -0.1) is 0 Å². The lowest BCUT2D eigenvalue weighted by atomic mass is 9.68. The van der Waals surface area contributed by atoms with Crippen LogP contribution >= 0.6 is 0 Å². The van der Waals surface area contributed by atoms with Gasteiger partial charge in [0.1, 0.15) is 11.5 Å². The predicted octanol–water partition coefficient (Wildman–Crippen LogP) is 6.06. The van der Waals surface area contributed by atoms with E-state index < -0.39 is 0 Å². The van der Waals surface area contributed by atoms with Crippen LogP contribution in [0.4, 0.5) is 0 Å². The number of phenolic OH excluding ortho intramolecular Hbond substituents is 2. The van der Waals surface area contributed by atoms with Crippen LogP contribution in [0.3, 0.4) is 0 Å². The molecule has 0 aromatic heterocycles. The lowest BCUT2D eigenvalue weighted by Crippen LogP contribution is -2.23. The van der Waals surface area contributed by atoms with E-state index in [0.29, 0.717) is 35.2 Å². The van der Waals surface area contributed by atoms with Crippen molar-refractivity contribution in [2.24, 2.45) is 11.8 Å². The summed E-state index contributed by atoms with van der Waals surface area (Å²) in [5, 5.41) is 19.3. The Balaban J connectivity index is 2.51. The van der Waals surface area contributed by atoms with Gasteiger partial charge in [0.15, 0.2) is 0 Å². The number of aromatic hydroxyl groups is 2. The molecule has 0 aliphatic carbocycles. The number of hydrogen-bond donors (Lipinski definition) is 2. The molecule has 2 nitrogen and oxygen atoms in total. The van der Waals surface area contributed by atoms with Gasteiger partial charge >= 0.3 is 0 Å². The third kappa shape index (κ3) is 4.11. The molecule has 2 N–H and O–H groups in total. The highest BCUT2D eigenvalue weighted by atomic mass is 16.3. The maximum atomic E-state index is 9.65. The van der Waals surface area contributed by atoms with E-state index in [-0.39, 0.29) is 0 Å². The summed E-state index contributed by atoms with van der Waals surface area (Å²) in [4.78, 5) is 0. The SMILES string of the molecule is CCC(C)[C@@H](c1ccc(O)cc1)[C@@H](c1ccc(O)cc1)C(C)CC. The smallest absolute Gasteiger partial charge is 0.115 e. The van der Waals surface area contributed by atoms with Gasteiger partial charge < -0.3 is 10.2 Å². The van der Waals surface area contributed by atoms with Gasteiger partial charge in [0.25, 0.3) is 0 Å². The first-order valence-corrected chi connectivity index (χ1v) is 9.05. The van der Waals surface area contributed by atoms with Crippen molar-refractivity contribution in [3.63, 3.8) is 0 Å². The molecule has 2 heteroatoms. The van der Waals surface area contributed by atoms with Crippen LogP contribution in [-0.2, 0) is 0 Å². The summed E-state index contributed by atoms with van der Waals surface area (Å²) in [7, 11) is 0. The van der Waals surface area contributed by atoms with Gasteiger partial charge in [-0.05, 0) is 59.1 Å². The van der Waals surface area contributed by atoms with E-state index in [1.54, 1.807) is 24.3 Å². The van der Waals surface area contributed by atoms with Gasteiger partial charge in [0.2, 0.25) is 0 Å². The Bertz CT molecular complexity index is 558. The van der Waals surface area contributed by atoms with E-state index in [1.165, 1.54) is 11.1 Å². The van der Waals surface area contributed by atoms with E-state index in [2.05, 4.69) is 52.0 Å². The molecule has 130 valence electrons. The summed E-state index contributed by atoms with van der Waals surface area (Å²) in [6.07, 6.45) is 2.22. The van der Waals surface area contributed by atoms with Gasteiger partial charge in [-0.1, -0.05) is 64.8 Å². The molecular weight excluding hydrogens is 296 g/mol. The van der Waals surface area contributed by atoms with Gasteiger partial charge in [-0.2, -0.15) is 0 Å². The predicted molar refractivity (Wildman–Crippen MR) is 101 cm³/mol. The minimum absolute atomic E-state index is 0.311. The zero-order valence-electron chi connectivity index (χ0n) is 15.2. The molecule has 0 saturated heterocycles. The quantitative estimate of drug-likeness (QED) is 0.649. The highest BCUT2D eigenvalue weighted by Gasteiger charge is 2.32. The van der Waals surface area contributed by atoms with E-state index in [1.807, 2.05) is 0 Å². The van der Waals surface area contributed by atoms with Gasteiger partial charge in [0.05, 0.1) is 0 Å². The van der Waals surface area contributed by atoms with Crippen molar-refractivity contribution >= 4 is 0 Å². The highest BCUT2D eigenvalue weighted by Crippen LogP contribution is 2.45. The average Bonchev–Trinajstić information content (AvgIpc) is 2.60. The molecule has 0 spiro atoms.